The van der Waals surface area contributed by atoms with Crippen molar-refractivity contribution in [2.45, 2.75) is 44.9 Å². The molecule has 0 bridgehead atoms. The molecule has 1 aromatic heterocycles. The van der Waals surface area contributed by atoms with Gasteiger partial charge in [-0.1, -0.05) is 6.07 Å². The van der Waals surface area contributed by atoms with Crippen molar-refractivity contribution >= 4 is 17.4 Å². The number of amides is 1. The summed E-state index contributed by atoms with van der Waals surface area (Å²) in [7, 11) is 0. The first-order chi connectivity index (χ1) is 8.79. The third kappa shape index (κ3) is 6.04. The molecule has 0 aromatic carbocycles. The fourth-order valence-corrected chi connectivity index (χ4v) is 2.27. The highest BCUT2D eigenvalue weighted by Gasteiger charge is 2.19. The predicted octanol–water partition coefficient (Wildman–Crippen LogP) is 2.02. The number of rotatable bonds is 5. The molecule has 0 spiro atoms. The summed E-state index contributed by atoms with van der Waals surface area (Å²) in [6.45, 7) is 5.79. The van der Waals surface area contributed by atoms with Crippen LogP contribution in [-0.2, 0) is 4.74 Å². The SMILES string of the molecule is CC(C)(C)OC(=O)NCCC(N)C(O)c1cccs1. The van der Waals surface area contributed by atoms with Crippen LogP contribution in [0.15, 0.2) is 17.5 Å². The number of hydrogen-bond acceptors (Lipinski definition) is 5. The molecular weight excluding hydrogens is 264 g/mol. The van der Waals surface area contributed by atoms with E-state index in [1.165, 1.54) is 11.3 Å². The molecule has 0 aliphatic heterocycles. The van der Waals surface area contributed by atoms with Gasteiger partial charge in [0.05, 0.1) is 0 Å². The zero-order chi connectivity index (χ0) is 14.5. The fraction of sp³-hybridized carbons (Fsp3) is 0.615. The summed E-state index contributed by atoms with van der Waals surface area (Å²) in [5.41, 5.74) is 5.38. The second-order valence-corrected chi connectivity index (χ2v) is 6.32. The van der Waals surface area contributed by atoms with Gasteiger partial charge in [0.2, 0.25) is 0 Å². The van der Waals surface area contributed by atoms with Crippen LogP contribution in [0.3, 0.4) is 0 Å². The van der Waals surface area contributed by atoms with Gasteiger partial charge in [-0.2, -0.15) is 0 Å². The Bertz CT molecular complexity index is 387. The molecule has 4 N–H and O–H groups in total. The summed E-state index contributed by atoms with van der Waals surface area (Å²) < 4.78 is 5.10. The summed E-state index contributed by atoms with van der Waals surface area (Å²) in [6.07, 6.45) is -0.677. The standard InChI is InChI=1S/C13H22N2O3S/c1-13(2,3)18-12(17)15-7-6-9(14)11(16)10-5-4-8-19-10/h4-5,8-9,11,16H,6-7,14H2,1-3H3,(H,15,17). The zero-order valence-electron chi connectivity index (χ0n) is 11.6. The highest BCUT2D eigenvalue weighted by atomic mass is 32.1. The lowest BCUT2D eigenvalue weighted by Crippen LogP contribution is -2.36. The number of carbonyl (C=O) groups excluding carboxylic acids is 1. The predicted molar refractivity (Wildman–Crippen MR) is 76.1 cm³/mol. The Labute approximate surface area is 117 Å². The first-order valence-electron chi connectivity index (χ1n) is 6.23. The van der Waals surface area contributed by atoms with E-state index in [4.69, 9.17) is 10.5 Å². The van der Waals surface area contributed by atoms with Crippen LogP contribution in [0, 0.1) is 0 Å². The summed E-state index contributed by atoms with van der Waals surface area (Å²) in [4.78, 5) is 12.2. The molecule has 2 unspecified atom stereocenters. The maximum absolute atomic E-state index is 11.4. The molecule has 0 saturated heterocycles. The summed E-state index contributed by atoms with van der Waals surface area (Å²) in [5.74, 6) is 0. The molecule has 1 rings (SSSR count). The monoisotopic (exact) mass is 286 g/mol. The van der Waals surface area contributed by atoms with Gasteiger partial charge in [-0.25, -0.2) is 4.79 Å². The number of ether oxygens (including phenoxy) is 1. The molecule has 2 atom stereocenters. The van der Waals surface area contributed by atoms with Crippen LogP contribution >= 0.6 is 11.3 Å². The first-order valence-corrected chi connectivity index (χ1v) is 7.11. The maximum Gasteiger partial charge on any atom is 0.407 e. The Hall–Kier alpha value is -1.11. The van der Waals surface area contributed by atoms with E-state index in [0.717, 1.165) is 4.88 Å². The maximum atomic E-state index is 11.4. The van der Waals surface area contributed by atoms with Crippen molar-refractivity contribution in [2.24, 2.45) is 5.73 Å². The second kappa shape index (κ2) is 6.88. The molecular formula is C13H22N2O3S. The lowest BCUT2D eigenvalue weighted by Gasteiger charge is -2.21. The summed E-state index contributed by atoms with van der Waals surface area (Å²) in [5, 5.41) is 14.5. The van der Waals surface area contributed by atoms with Gasteiger partial charge in [-0.3, -0.25) is 0 Å². The molecule has 6 heteroatoms. The van der Waals surface area contributed by atoms with E-state index in [1.54, 1.807) is 20.8 Å². The molecule has 19 heavy (non-hydrogen) atoms. The van der Waals surface area contributed by atoms with Gasteiger partial charge in [0.15, 0.2) is 0 Å². The van der Waals surface area contributed by atoms with Crippen molar-refractivity contribution < 1.29 is 14.6 Å². The van der Waals surface area contributed by atoms with Crippen molar-refractivity contribution in [3.05, 3.63) is 22.4 Å². The Morgan fingerprint density at radius 3 is 2.79 bits per heavy atom. The minimum absolute atomic E-state index is 0.374. The highest BCUT2D eigenvalue weighted by Crippen LogP contribution is 2.21. The van der Waals surface area contributed by atoms with Crippen LogP contribution in [-0.4, -0.2) is 29.4 Å². The fourth-order valence-electron chi connectivity index (χ4n) is 1.48. The van der Waals surface area contributed by atoms with Crippen LogP contribution in [0.1, 0.15) is 38.2 Å². The summed E-state index contributed by atoms with van der Waals surface area (Å²) in [6, 6.07) is 3.30. The average molecular weight is 286 g/mol. The molecule has 0 saturated carbocycles. The van der Waals surface area contributed by atoms with Crippen LogP contribution in [0.5, 0.6) is 0 Å². The second-order valence-electron chi connectivity index (χ2n) is 5.34. The number of thiophene rings is 1. The van der Waals surface area contributed by atoms with Gasteiger partial charge in [-0.05, 0) is 38.6 Å². The zero-order valence-corrected chi connectivity index (χ0v) is 12.4. The van der Waals surface area contributed by atoms with Crippen molar-refractivity contribution in [2.75, 3.05) is 6.54 Å². The number of nitrogens with one attached hydrogen (secondary N) is 1. The molecule has 0 aliphatic rings. The summed E-state index contributed by atoms with van der Waals surface area (Å²) >= 11 is 1.46. The molecule has 1 aromatic rings. The molecule has 0 radical (unpaired) electrons. The van der Waals surface area contributed by atoms with E-state index in [-0.39, 0.29) is 0 Å². The van der Waals surface area contributed by atoms with Crippen LogP contribution in [0.4, 0.5) is 4.79 Å². The number of alkyl carbamates (subject to hydrolysis) is 1. The van der Waals surface area contributed by atoms with E-state index in [9.17, 15) is 9.90 Å². The van der Waals surface area contributed by atoms with E-state index < -0.39 is 23.8 Å². The minimum atomic E-state index is -0.694. The van der Waals surface area contributed by atoms with Crippen molar-refractivity contribution in [1.82, 2.24) is 5.32 Å². The minimum Gasteiger partial charge on any atom is -0.444 e. The largest absolute Gasteiger partial charge is 0.444 e. The Morgan fingerprint density at radius 1 is 1.58 bits per heavy atom. The smallest absolute Gasteiger partial charge is 0.407 e. The lowest BCUT2D eigenvalue weighted by molar-refractivity contribution is 0.0521. The normalized spacial score (nSPS) is 14.8. The Balaban J connectivity index is 2.27. The molecule has 0 fully saturated rings. The first kappa shape index (κ1) is 15.9. The van der Waals surface area contributed by atoms with Gasteiger partial charge in [0, 0.05) is 17.5 Å². The Morgan fingerprint density at radius 2 is 2.26 bits per heavy atom. The molecule has 5 nitrogen and oxygen atoms in total. The van der Waals surface area contributed by atoms with E-state index in [1.807, 2.05) is 17.5 Å². The van der Waals surface area contributed by atoms with Crippen molar-refractivity contribution in [1.29, 1.82) is 0 Å². The molecule has 108 valence electrons. The number of aliphatic hydroxyl groups excluding tert-OH is 1. The molecule has 1 amide bonds. The van der Waals surface area contributed by atoms with Crippen LogP contribution in [0.25, 0.3) is 0 Å². The molecule has 0 aliphatic carbocycles. The van der Waals surface area contributed by atoms with E-state index in [0.29, 0.717) is 13.0 Å². The van der Waals surface area contributed by atoms with Crippen LogP contribution in [0.2, 0.25) is 0 Å². The average Bonchev–Trinajstić information content (AvgIpc) is 2.78. The third-order valence-corrected chi connectivity index (χ3v) is 3.33. The Kier molecular flexibility index (Phi) is 5.78. The lowest BCUT2D eigenvalue weighted by atomic mass is 10.1. The topological polar surface area (TPSA) is 84.6 Å². The van der Waals surface area contributed by atoms with Gasteiger partial charge < -0.3 is 20.9 Å². The number of aliphatic hydroxyl groups is 1. The van der Waals surface area contributed by atoms with Crippen molar-refractivity contribution in [3.8, 4) is 0 Å². The highest BCUT2D eigenvalue weighted by molar-refractivity contribution is 7.10. The van der Waals surface area contributed by atoms with Gasteiger partial charge >= 0.3 is 6.09 Å². The van der Waals surface area contributed by atoms with E-state index in [2.05, 4.69) is 5.32 Å². The van der Waals surface area contributed by atoms with E-state index >= 15 is 0 Å². The van der Waals surface area contributed by atoms with Gasteiger partial charge in [-0.15, -0.1) is 11.3 Å². The third-order valence-electron chi connectivity index (χ3n) is 2.39. The van der Waals surface area contributed by atoms with Crippen LogP contribution < -0.4 is 11.1 Å². The number of hydrogen-bond donors (Lipinski definition) is 3. The van der Waals surface area contributed by atoms with Crippen molar-refractivity contribution in [3.63, 3.8) is 0 Å². The number of nitrogens with two attached hydrogens (primary N) is 1. The quantitative estimate of drug-likeness (QED) is 0.773. The van der Waals surface area contributed by atoms with Gasteiger partial charge in [0.25, 0.3) is 0 Å². The van der Waals surface area contributed by atoms with Gasteiger partial charge in [0.1, 0.15) is 11.7 Å². The number of carbonyl (C=O) groups is 1. The molecule has 1 heterocycles.